The van der Waals surface area contributed by atoms with Gasteiger partial charge in [-0.25, -0.2) is 0 Å². The van der Waals surface area contributed by atoms with Crippen molar-refractivity contribution in [2.24, 2.45) is 0 Å². The van der Waals surface area contributed by atoms with E-state index in [2.05, 4.69) is 179 Å². The molecule has 1 heteroatoms. The molecule has 0 spiro atoms. The van der Waals surface area contributed by atoms with Crippen LogP contribution in [-0.4, -0.2) is 0 Å². The monoisotopic (exact) mass is 627 g/mol. The lowest BCUT2D eigenvalue weighted by Crippen LogP contribution is -2.17. The van der Waals surface area contributed by atoms with Gasteiger partial charge in [0.15, 0.2) is 0 Å². The molecule has 10 rings (SSSR count). The van der Waals surface area contributed by atoms with Crippen LogP contribution >= 0.6 is 0 Å². The SMILES string of the molecule is CC1(C)c2cc(Nc3c4ccccc4c(-c4ccccc4)c4ccccc34)ccc2-c2cc3c(cc21)-c1c(ccc2ccccc12)C3(C)C. The number of anilines is 2. The molecule has 49 heavy (non-hydrogen) atoms. The smallest absolute Gasteiger partial charge is 0.0544 e. The highest BCUT2D eigenvalue weighted by molar-refractivity contribution is 6.21. The predicted octanol–water partition coefficient (Wildman–Crippen LogP) is 13.2. The molecule has 0 fully saturated rings. The summed E-state index contributed by atoms with van der Waals surface area (Å²) >= 11 is 0. The molecule has 0 aromatic heterocycles. The van der Waals surface area contributed by atoms with Crippen LogP contribution in [0.3, 0.4) is 0 Å². The summed E-state index contributed by atoms with van der Waals surface area (Å²) in [5.74, 6) is 0. The number of rotatable bonds is 3. The van der Waals surface area contributed by atoms with E-state index in [9.17, 15) is 0 Å². The van der Waals surface area contributed by atoms with Crippen molar-refractivity contribution in [3.63, 3.8) is 0 Å². The van der Waals surface area contributed by atoms with E-state index in [1.165, 1.54) is 88.0 Å². The first-order chi connectivity index (χ1) is 23.8. The van der Waals surface area contributed by atoms with E-state index in [-0.39, 0.29) is 10.8 Å². The molecule has 0 amide bonds. The van der Waals surface area contributed by atoms with Crippen molar-refractivity contribution in [2.45, 2.75) is 38.5 Å². The maximum absolute atomic E-state index is 3.95. The van der Waals surface area contributed by atoms with Crippen molar-refractivity contribution >= 4 is 43.7 Å². The highest BCUT2D eigenvalue weighted by atomic mass is 14.9. The van der Waals surface area contributed by atoms with Gasteiger partial charge < -0.3 is 5.32 Å². The van der Waals surface area contributed by atoms with Crippen LogP contribution < -0.4 is 5.32 Å². The normalized spacial score (nSPS) is 14.9. The Morgan fingerprint density at radius 2 is 0.939 bits per heavy atom. The maximum Gasteiger partial charge on any atom is 0.0544 e. The minimum absolute atomic E-state index is 0.0633. The Morgan fingerprint density at radius 1 is 0.388 bits per heavy atom. The molecule has 0 aliphatic heterocycles. The summed E-state index contributed by atoms with van der Waals surface area (Å²) in [5.41, 5.74) is 15.8. The van der Waals surface area contributed by atoms with Crippen LogP contribution in [0.15, 0.2) is 146 Å². The first-order valence-corrected chi connectivity index (χ1v) is 17.4. The lowest BCUT2D eigenvalue weighted by atomic mass is 9.79. The van der Waals surface area contributed by atoms with Crippen molar-refractivity contribution in [1.82, 2.24) is 0 Å². The third-order valence-corrected chi connectivity index (χ3v) is 11.6. The zero-order chi connectivity index (χ0) is 33.1. The van der Waals surface area contributed by atoms with E-state index < -0.39 is 0 Å². The van der Waals surface area contributed by atoms with E-state index in [4.69, 9.17) is 0 Å². The fourth-order valence-electron chi connectivity index (χ4n) is 9.13. The topological polar surface area (TPSA) is 12.0 Å². The molecule has 2 aliphatic carbocycles. The first-order valence-electron chi connectivity index (χ1n) is 17.4. The summed E-state index contributed by atoms with van der Waals surface area (Å²) in [5, 5.41) is 11.6. The van der Waals surface area contributed by atoms with E-state index >= 15 is 0 Å². The van der Waals surface area contributed by atoms with Crippen molar-refractivity contribution in [3.05, 3.63) is 168 Å². The van der Waals surface area contributed by atoms with Crippen molar-refractivity contribution in [2.75, 3.05) is 5.32 Å². The summed E-state index contributed by atoms with van der Waals surface area (Å²) in [6.45, 7) is 9.59. The highest BCUT2D eigenvalue weighted by Crippen LogP contribution is 2.57. The fourth-order valence-corrected chi connectivity index (χ4v) is 9.13. The summed E-state index contributed by atoms with van der Waals surface area (Å²) in [6, 6.07) is 54.1. The Balaban J connectivity index is 1.13. The second-order valence-corrected chi connectivity index (χ2v) is 15.0. The van der Waals surface area contributed by atoms with Gasteiger partial charge in [0.1, 0.15) is 0 Å². The second kappa shape index (κ2) is 9.94. The molecular weight excluding hydrogens is 591 g/mol. The number of hydrogen-bond acceptors (Lipinski definition) is 1. The molecule has 8 aromatic carbocycles. The fraction of sp³-hybridized carbons (Fsp3) is 0.125. The van der Waals surface area contributed by atoms with Crippen molar-refractivity contribution in [3.8, 4) is 33.4 Å². The van der Waals surface area contributed by atoms with Crippen LogP contribution in [0.25, 0.3) is 65.7 Å². The minimum Gasteiger partial charge on any atom is -0.355 e. The van der Waals surface area contributed by atoms with E-state index in [0.717, 1.165) is 11.4 Å². The third-order valence-electron chi connectivity index (χ3n) is 11.6. The van der Waals surface area contributed by atoms with Crippen LogP contribution in [0, 0.1) is 0 Å². The molecule has 1 nitrogen and oxygen atoms in total. The average molecular weight is 628 g/mol. The molecule has 0 atom stereocenters. The quantitative estimate of drug-likeness (QED) is 0.192. The van der Waals surface area contributed by atoms with Gasteiger partial charge in [0.2, 0.25) is 0 Å². The lowest BCUT2D eigenvalue weighted by molar-refractivity contribution is 0.652. The summed E-state index contributed by atoms with van der Waals surface area (Å²) in [6.07, 6.45) is 0. The number of fused-ring (bicyclic) bond motifs is 10. The average Bonchev–Trinajstić information content (AvgIpc) is 3.50. The van der Waals surface area contributed by atoms with Gasteiger partial charge in [-0.05, 0) is 101 Å². The van der Waals surface area contributed by atoms with Crippen LogP contribution in [0.5, 0.6) is 0 Å². The third kappa shape index (κ3) is 3.88. The zero-order valence-corrected chi connectivity index (χ0v) is 28.4. The Labute approximate surface area is 287 Å². The molecular formula is C48H37N. The van der Waals surface area contributed by atoms with Gasteiger partial charge >= 0.3 is 0 Å². The maximum atomic E-state index is 3.95. The summed E-state index contributed by atoms with van der Waals surface area (Å²) < 4.78 is 0. The molecule has 0 saturated carbocycles. The van der Waals surface area contributed by atoms with E-state index in [1.807, 2.05) is 0 Å². The Hall–Kier alpha value is -5.66. The Bertz CT molecular complexity index is 2620. The van der Waals surface area contributed by atoms with Gasteiger partial charge in [-0.2, -0.15) is 0 Å². The molecule has 1 N–H and O–H groups in total. The van der Waals surface area contributed by atoms with Gasteiger partial charge in [0.25, 0.3) is 0 Å². The van der Waals surface area contributed by atoms with Crippen molar-refractivity contribution in [1.29, 1.82) is 0 Å². The standard InChI is InChI=1S/C48H37N/c1-47(2)40-25-22-29-14-8-9-17-32(29)45(40)39-28-42-38(27-43(39)47)33-24-23-31(26-41(33)48(42,3)4)49-46-36-20-12-10-18-34(36)44(30-15-6-5-7-16-30)35-19-11-13-21-37(35)46/h5-28,49H,1-4H3. The molecule has 0 heterocycles. The molecule has 8 aromatic rings. The summed E-state index contributed by atoms with van der Waals surface area (Å²) in [7, 11) is 0. The van der Waals surface area contributed by atoms with Gasteiger partial charge in [0.05, 0.1) is 5.69 Å². The van der Waals surface area contributed by atoms with Crippen LogP contribution in [0.4, 0.5) is 11.4 Å². The largest absolute Gasteiger partial charge is 0.355 e. The molecule has 234 valence electrons. The minimum atomic E-state index is -0.143. The molecule has 2 aliphatic rings. The number of hydrogen-bond donors (Lipinski definition) is 1. The predicted molar refractivity (Wildman–Crippen MR) is 209 cm³/mol. The Morgan fingerprint density at radius 3 is 1.65 bits per heavy atom. The van der Waals surface area contributed by atoms with Crippen molar-refractivity contribution < 1.29 is 0 Å². The molecule has 0 unspecified atom stereocenters. The van der Waals surface area contributed by atoms with Crippen LogP contribution in [0.2, 0.25) is 0 Å². The van der Waals surface area contributed by atoms with E-state index in [1.54, 1.807) is 0 Å². The van der Waals surface area contributed by atoms with Gasteiger partial charge in [-0.3, -0.25) is 0 Å². The highest BCUT2D eigenvalue weighted by Gasteiger charge is 2.42. The zero-order valence-electron chi connectivity index (χ0n) is 28.4. The van der Waals surface area contributed by atoms with E-state index in [0.29, 0.717) is 0 Å². The summed E-state index contributed by atoms with van der Waals surface area (Å²) in [4.78, 5) is 0. The molecule has 0 radical (unpaired) electrons. The van der Waals surface area contributed by atoms with Crippen LogP contribution in [0.1, 0.15) is 49.9 Å². The Kier molecular flexibility index (Phi) is 5.75. The molecule has 0 saturated heterocycles. The first kappa shape index (κ1) is 28.4. The van der Waals surface area contributed by atoms with Gasteiger partial charge in [-0.15, -0.1) is 0 Å². The molecule has 0 bridgehead atoms. The van der Waals surface area contributed by atoms with Gasteiger partial charge in [0, 0.05) is 27.3 Å². The van der Waals surface area contributed by atoms with Crippen LogP contribution in [-0.2, 0) is 10.8 Å². The number of benzene rings is 8. The van der Waals surface area contributed by atoms with Gasteiger partial charge in [-0.1, -0.05) is 149 Å². The second-order valence-electron chi connectivity index (χ2n) is 15.0. The number of nitrogens with one attached hydrogen (secondary N) is 1. The lowest BCUT2D eigenvalue weighted by Gasteiger charge is -2.24.